The van der Waals surface area contributed by atoms with E-state index >= 15 is 0 Å². The number of aromatic nitrogens is 4. The van der Waals surface area contributed by atoms with E-state index in [1.165, 1.54) is 6.26 Å². The Hall–Kier alpha value is -2.90. The van der Waals surface area contributed by atoms with Crippen molar-refractivity contribution in [3.05, 3.63) is 42.2 Å². The smallest absolute Gasteiger partial charge is 0.289 e. The van der Waals surface area contributed by atoms with E-state index in [4.69, 9.17) is 4.42 Å². The number of nitrogens with zero attached hydrogens (tertiary/aromatic N) is 6. The van der Waals surface area contributed by atoms with Gasteiger partial charge in [0.2, 0.25) is 0 Å². The zero-order valence-corrected chi connectivity index (χ0v) is 12.7. The first-order valence-electron chi connectivity index (χ1n) is 7.47. The number of anilines is 1. The summed E-state index contributed by atoms with van der Waals surface area (Å²) in [6.07, 6.45) is 3.17. The maximum Gasteiger partial charge on any atom is 0.289 e. The molecule has 3 aromatic rings. The zero-order valence-electron chi connectivity index (χ0n) is 12.7. The number of carbonyl (C=O) groups excluding carboxylic acids is 1. The Morgan fingerprint density at radius 1 is 1.26 bits per heavy atom. The lowest BCUT2D eigenvalue weighted by molar-refractivity contribution is 0.0714. The Kier molecular flexibility index (Phi) is 3.22. The molecule has 0 aromatic carbocycles. The molecule has 0 radical (unpaired) electrons. The molecular weight excluding hydrogens is 296 g/mol. The van der Waals surface area contributed by atoms with Crippen LogP contribution in [0.4, 0.5) is 5.82 Å². The van der Waals surface area contributed by atoms with Gasteiger partial charge < -0.3 is 14.2 Å². The summed E-state index contributed by atoms with van der Waals surface area (Å²) in [7, 11) is 0. The molecular formula is C15H16N6O2. The van der Waals surface area contributed by atoms with Gasteiger partial charge in [-0.05, 0) is 19.1 Å². The summed E-state index contributed by atoms with van der Waals surface area (Å²) in [5, 5.41) is 7.89. The molecule has 1 aliphatic rings. The van der Waals surface area contributed by atoms with Crippen LogP contribution in [0.5, 0.6) is 0 Å². The van der Waals surface area contributed by atoms with E-state index in [9.17, 15) is 4.79 Å². The molecule has 0 spiro atoms. The van der Waals surface area contributed by atoms with Crippen molar-refractivity contribution < 1.29 is 9.21 Å². The van der Waals surface area contributed by atoms with Crippen molar-refractivity contribution in [2.45, 2.75) is 6.92 Å². The molecule has 23 heavy (non-hydrogen) atoms. The molecule has 4 rings (SSSR count). The first-order chi connectivity index (χ1) is 11.2. The molecule has 8 heteroatoms. The molecule has 1 amide bonds. The van der Waals surface area contributed by atoms with Gasteiger partial charge in [-0.2, -0.15) is 4.98 Å². The number of hydrogen-bond acceptors (Lipinski definition) is 6. The third-order valence-electron chi connectivity index (χ3n) is 4.09. The first-order valence-corrected chi connectivity index (χ1v) is 7.47. The lowest BCUT2D eigenvalue weighted by Crippen LogP contribution is -2.49. The van der Waals surface area contributed by atoms with Crippen molar-refractivity contribution in [1.82, 2.24) is 24.5 Å². The Morgan fingerprint density at radius 2 is 2.09 bits per heavy atom. The van der Waals surface area contributed by atoms with E-state index in [-0.39, 0.29) is 5.91 Å². The van der Waals surface area contributed by atoms with Crippen LogP contribution in [-0.2, 0) is 0 Å². The zero-order chi connectivity index (χ0) is 15.8. The van der Waals surface area contributed by atoms with Crippen LogP contribution in [0.1, 0.15) is 16.2 Å². The van der Waals surface area contributed by atoms with Gasteiger partial charge in [-0.1, -0.05) is 0 Å². The van der Waals surface area contributed by atoms with E-state index < -0.39 is 0 Å². The molecule has 0 saturated carbocycles. The van der Waals surface area contributed by atoms with Crippen LogP contribution in [0.3, 0.4) is 0 Å². The van der Waals surface area contributed by atoms with Crippen LogP contribution >= 0.6 is 0 Å². The van der Waals surface area contributed by atoms with Crippen molar-refractivity contribution in [2.24, 2.45) is 0 Å². The fourth-order valence-corrected chi connectivity index (χ4v) is 2.80. The second-order valence-corrected chi connectivity index (χ2v) is 5.51. The van der Waals surface area contributed by atoms with Gasteiger partial charge in [0.15, 0.2) is 5.76 Å². The SMILES string of the molecule is Cc1cc(N2CCN(C(=O)c3ccco3)CC2)nc2nncn12. The molecule has 0 unspecified atom stereocenters. The number of aryl methyl sites for hydroxylation is 1. The lowest BCUT2D eigenvalue weighted by Gasteiger charge is -2.35. The van der Waals surface area contributed by atoms with Crippen molar-refractivity contribution in [3.63, 3.8) is 0 Å². The highest BCUT2D eigenvalue weighted by Gasteiger charge is 2.24. The van der Waals surface area contributed by atoms with Gasteiger partial charge >= 0.3 is 0 Å². The maximum atomic E-state index is 12.3. The van der Waals surface area contributed by atoms with Gasteiger partial charge in [0.1, 0.15) is 12.1 Å². The molecule has 0 N–H and O–H groups in total. The highest BCUT2D eigenvalue weighted by Crippen LogP contribution is 2.17. The number of carbonyl (C=O) groups is 1. The number of piperazine rings is 1. The number of hydrogen-bond donors (Lipinski definition) is 0. The molecule has 0 bridgehead atoms. The molecule has 118 valence electrons. The van der Waals surface area contributed by atoms with E-state index in [0.29, 0.717) is 24.6 Å². The van der Waals surface area contributed by atoms with Crippen molar-refractivity contribution in [1.29, 1.82) is 0 Å². The van der Waals surface area contributed by atoms with Gasteiger partial charge in [-0.25, -0.2) is 0 Å². The van der Waals surface area contributed by atoms with Gasteiger partial charge in [0.25, 0.3) is 11.7 Å². The van der Waals surface area contributed by atoms with Crippen LogP contribution < -0.4 is 4.90 Å². The summed E-state index contributed by atoms with van der Waals surface area (Å²) >= 11 is 0. The first kappa shape index (κ1) is 13.7. The Morgan fingerprint density at radius 3 is 2.83 bits per heavy atom. The fraction of sp³-hybridized carbons (Fsp3) is 0.333. The summed E-state index contributed by atoms with van der Waals surface area (Å²) in [4.78, 5) is 20.8. The molecule has 1 saturated heterocycles. The Labute approximate surface area is 132 Å². The summed E-state index contributed by atoms with van der Waals surface area (Å²) in [5.41, 5.74) is 1.03. The molecule has 8 nitrogen and oxygen atoms in total. The van der Waals surface area contributed by atoms with E-state index in [0.717, 1.165) is 24.6 Å². The van der Waals surface area contributed by atoms with Gasteiger partial charge in [0.05, 0.1) is 6.26 Å². The molecule has 1 aliphatic heterocycles. The third kappa shape index (κ3) is 2.41. The minimum Gasteiger partial charge on any atom is -0.459 e. The van der Waals surface area contributed by atoms with Crippen LogP contribution in [0.25, 0.3) is 5.78 Å². The molecule has 4 heterocycles. The third-order valence-corrected chi connectivity index (χ3v) is 4.09. The van der Waals surface area contributed by atoms with E-state index in [1.54, 1.807) is 23.4 Å². The molecule has 0 atom stereocenters. The highest BCUT2D eigenvalue weighted by molar-refractivity contribution is 5.91. The number of amides is 1. The van der Waals surface area contributed by atoms with Crippen molar-refractivity contribution in [3.8, 4) is 0 Å². The average molecular weight is 312 g/mol. The quantitative estimate of drug-likeness (QED) is 0.702. The van der Waals surface area contributed by atoms with Crippen molar-refractivity contribution >= 4 is 17.5 Å². The number of furan rings is 1. The predicted molar refractivity (Wildman–Crippen MR) is 82.3 cm³/mol. The van der Waals surface area contributed by atoms with Crippen molar-refractivity contribution in [2.75, 3.05) is 31.1 Å². The summed E-state index contributed by atoms with van der Waals surface area (Å²) in [6.45, 7) is 4.72. The highest BCUT2D eigenvalue weighted by atomic mass is 16.3. The second kappa shape index (κ2) is 5.38. The monoisotopic (exact) mass is 312 g/mol. The van der Waals surface area contributed by atoms with Gasteiger partial charge in [-0.15, -0.1) is 10.2 Å². The van der Waals surface area contributed by atoms with E-state index in [1.807, 2.05) is 17.4 Å². The van der Waals surface area contributed by atoms with Crippen LogP contribution in [-0.4, -0.2) is 56.6 Å². The fourth-order valence-electron chi connectivity index (χ4n) is 2.80. The van der Waals surface area contributed by atoms with Gasteiger partial charge in [-0.3, -0.25) is 9.20 Å². The lowest BCUT2D eigenvalue weighted by atomic mass is 10.2. The molecule has 1 fully saturated rings. The standard InChI is InChI=1S/C15H16N6O2/c1-11-9-13(17-15-18-16-10-21(11)15)19-4-6-20(7-5-19)14(22)12-3-2-8-23-12/h2-3,8-10H,4-7H2,1H3. The second-order valence-electron chi connectivity index (χ2n) is 5.51. The summed E-state index contributed by atoms with van der Waals surface area (Å²) in [6, 6.07) is 5.43. The maximum absolute atomic E-state index is 12.3. The number of rotatable bonds is 2. The molecule has 3 aromatic heterocycles. The Bertz CT molecular complexity index is 833. The largest absolute Gasteiger partial charge is 0.459 e. The predicted octanol–water partition coefficient (Wildman–Crippen LogP) is 0.988. The average Bonchev–Trinajstić information content (AvgIpc) is 3.26. The summed E-state index contributed by atoms with van der Waals surface area (Å²) in [5.74, 6) is 1.78. The minimum absolute atomic E-state index is 0.0632. The normalized spacial score (nSPS) is 15.3. The van der Waals surface area contributed by atoms with Crippen LogP contribution in [0.2, 0.25) is 0 Å². The Balaban J connectivity index is 1.49. The van der Waals surface area contributed by atoms with Gasteiger partial charge in [0, 0.05) is 37.9 Å². The van der Waals surface area contributed by atoms with Crippen LogP contribution in [0.15, 0.2) is 35.2 Å². The minimum atomic E-state index is -0.0632. The number of fused-ring (bicyclic) bond motifs is 1. The topological polar surface area (TPSA) is 79.8 Å². The van der Waals surface area contributed by atoms with Crippen LogP contribution in [0, 0.1) is 6.92 Å². The molecule has 0 aliphatic carbocycles. The van der Waals surface area contributed by atoms with E-state index in [2.05, 4.69) is 20.1 Å². The summed E-state index contributed by atoms with van der Waals surface area (Å²) < 4.78 is 7.03.